The molecule has 0 spiro atoms. The summed E-state index contributed by atoms with van der Waals surface area (Å²) in [7, 11) is -3.63. The smallest absolute Gasteiger partial charge is 0.238 e. The van der Waals surface area contributed by atoms with Gasteiger partial charge in [0.2, 0.25) is 10.0 Å². The van der Waals surface area contributed by atoms with Crippen LogP contribution in [0.5, 0.6) is 0 Å². The molecule has 0 heterocycles. The van der Waals surface area contributed by atoms with Crippen molar-refractivity contribution in [2.75, 3.05) is 11.9 Å². The molecule has 0 aliphatic heterocycles. The minimum atomic E-state index is -3.63. The Morgan fingerprint density at radius 1 is 1.28 bits per heavy atom. The summed E-state index contributed by atoms with van der Waals surface area (Å²) in [5, 5.41) is 8.33. The maximum absolute atomic E-state index is 11.2. The number of benzene rings is 1. The van der Waals surface area contributed by atoms with E-state index < -0.39 is 10.0 Å². The van der Waals surface area contributed by atoms with Crippen LogP contribution in [-0.2, 0) is 10.0 Å². The van der Waals surface area contributed by atoms with E-state index in [2.05, 4.69) is 28.2 Å². The summed E-state index contributed by atoms with van der Waals surface area (Å²) < 4.78 is 23.0. The van der Waals surface area contributed by atoms with Crippen LogP contribution in [0, 0.1) is 0 Å². The van der Waals surface area contributed by atoms with Gasteiger partial charge in [0, 0.05) is 16.7 Å². The maximum Gasteiger partial charge on any atom is 0.238 e. The fourth-order valence-electron chi connectivity index (χ4n) is 1.59. The molecule has 0 radical (unpaired) electrons. The van der Waals surface area contributed by atoms with Crippen LogP contribution in [0.4, 0.5) is 5.69 Å². The molecule has 0 aliphatic carbocycles. The Bertz CT molecular complexity index is 489. The van der Waals surface area contributed by atoms with Crippen LogP contribution in [0.2, 0.25) is 0 Å². The number of nitrogens with one attached hydrogen (secondary N) is 1. The van der Waals surface area contributed by atoms with Crippen LogP contribution < -0.4 is 10.5 Å². The summed E-state index contributed by atoms with van der Waals surface area (Å²) >= 11 is 3.34. The normalized spacial score (nSPS) is 11.5. The van der Waals surface area contributed by atoms with Gasteiger partial charge in [-0.15, -0.1) is 0 Å². The fourth-order valence-corrected chi connectivity index (χ4v) is 2.80. The number of primary sulfonamides is 1. The molecule has 0 saturated carbocycles. The van der Waals surface area contributed by atoms with E-state index in [-0.39, 0.29) is 4.90 Å². The van der Waals surface area contributed by atoms with Crippen LogP contribution in [0.15, 0.2) is 27.6 Å². The molecule has 0 saturated heterocycles. The van der Waals surface area contributed by atoms with Crippen LogP contribution >= 0.6 is 15.9 Å². The van der Waals surface area contributed by atoms with Crippen molar-refractivity contribution in [3.63, 3.8) is 0 Å². The molecule has 0 unspecified atom stereocenters. The third kappa shape index (κ3) is 4.96. The van der Waals surface area contributed by atoms with Crippen molar-refractivity contribution in [3.8, 4) is 0 Å². The third-order valence-electron chi connectivity index (χ3n) is 2.61. The second-order valence-corrected chi connectivity index (χ2v) is 6.59. The van der Waals surface area contributed by atoms with Crippen LogP contribution in [0.25, 0.3) is 0 Å². The van der Waals surface area contributed by atoms with Crippen molar-refractivity contribution in [2.24, 2.45) is 5.14 Å². The standard InChI is InChI=1S/C12H19BrN2O2S/c1-2-3-4-5-8-15-12-7-6-10(9-11(12)13)18(14,16)17/h6-7,9,15H,2-5,8H2,1H3,(H2,14,16,17). The Kier molecular flexibility index (Phi) is 6.11. The van der Waals surface area contributed by atoms with Gasteiger partial charge in [-0.3, -0.25) is 0 Å². The monoisotopic (exact) mass is 334 g/mol. The molecule has 1 aromatic rings. The van der Waals surface area contributed by atoms with Gasteiger partial charge in [-0.1, -0.05) is 26.2 Å². The van der Waals surface area contributed by atoms with E-state index in [1.165, 1.54) is 31.4 Å². The quantitative estimate of drug-likeness (QED) is 0.752. The van der Waals surface area contributed by atoms with Gasteiger partial charge in [0.15, 0.2) is 0 Å². The lowest BCUT2D eigenvalue weighted by atomic mass is 10.2. The molecule has 0 aliphatic rings. The van der Waals surface area contributed by atoms with Gasteiger partial charge in [0.25, 0.3) is 0 Å². The van der Waals surface area contributed by atoms with Gasteiger partial charge in [-0.2, -0.15) is 0 Å². The summed E-state index contributed by atoms with van der Waals surface area (Å²) in [6, 6.07) is 4.75. The average molecular weight is 335 g/mol. The molecule has 1 rings (SSSR count). The third-order valence-corrected chi connectivity index (χ3v) is 4.18. The molecule has 0 atom stereocenters. The van der Waals surface area contributed by atoms with E-state index in [0.29, 0.717) is 4.47 Å². The number of anilines is 1. The molecule has 0 fully saturated rings. The highest BCUT2D eigenvalue weighted by Gasteiger charge is 2.09. The number of rotatable bonds is 7. The first-order valence-corrected chi connectivity index (χ1v) is 8.35. The lowest BCUT2D eigenvalue weighted by Gasteiger charge is -2.09. The molecule has 0 aromatic heterocycles. The highest BCUT2D eigenvalue weighted by Crippen LogP contribution is 2.25. The van der Waals surface area contributed by atoms with E-state index in [4.69, 9.17) is 5.14 Å². The zero-order valence-electron chi connectivity index (χ0n) is 10.4. The second-order valence-electron chi connectivity index (χ2n) is 4.17. The summed E-state index contributed by atoms with van der Waals surface area (Å²) in [4.78, 5) is 0.117. The largest absolute Gasteiger partial charge is 0.384 e. The molecule has 4 nitrogen and oxygen atoms in total. The van der Waals surface area contributed by atoms with Crippen molar-refractivity contribution < 1.29 is 8.42 Å². The van der Waals surface area contributed by atoms with Crippen LogP contribution in [0.3, 0.4) is 0 Å². The summed E-state index contributed by atoms with van der Waals surface area (Å²) in [5.74, 6) is 0. The Labute approximate surface area is 117 Å². The zero-order chi connectivity index (χ0) is 13.6. The Morgan fingerprint density at radius 2 is 2.00 bits per heavy atom. The molecule has 18 heavy (non-hydrogen) atoms. The first-order valence-electron chi connectivity index (χ1n) is 6.01. The van der Waals surface area contributed by atoms with Gasteiger partial charge in [-0.25, -0.2) is 13.6 Å². The van der Waals surface area contributed by atoms with Crippen molar-refractivity contribution in [1.29, 1.82) is 0 Å². The summed E-state index contributed by atoms with van der Waals surface area (Å²) in [5.41, 5.74) is 0.888. The molecular weight excluding hydrogens is 316 g/mol. The molecule has 3 N–H and O–H groups in total. The first-order chi connectivity index (χ1) is 8.45. The Balaban J connectivity index is 2.58. The van der Waals surface area contributed by atoms with E-state index >= 15 is 0 Å². The van der Waals surface area contributed by atoms with Gasteiger partial charge < -0.3 is 5.32 Å². The molecule has 0 amide bonds. The maximum atomic E-state index is 11.2. The van der Waals surface area contributed by atoms with E-state index in [0.717, 1.165) is 18.7 Å². The van der Waals surface area contributed by atoms with Gasteiger partial charge in [-0.05, 0) is 40.5 Å². The number of sulfonamides is 1. The minimum absolute atomic E-state index is 0.117. The van der Waals surface area contributed by atoms with Crippen molar-refractivity contribution in [2.45, 2.75) is 37.5 Å². The first kappa shape index (κ1) is 15.5. The number of hydrogen-bond acceptors (Lipinski definition) is 3. The SMILES string of the molecule is CCCCCCNc1ccc(S(N)(=O)=O)cc1Br. The minimum Gasteiger partial charge on any atom is -0.384 e. The zero-order valence-corrected chi connectivity index (χ0v) is 12.9. The number of hydrogen-bond donors (Lipinski definition) is 2. The summed E-state index contributed by atoms with van der Waals surface area (Å²) in [6.07, 6.45) is 4.77. The van der Waals surface area contributed by atoms with Crippen molar-refractivity contribution in [1.82, 2.24) is 0 Å². The Morgan fingerprint density at radius 3 is 2.56 bits per heavy atom. The summed E-state index contributed by atoms with van der Waals surface area (Å²) in [6.45, 7) is 3.06. The molecule has 102 valence electrons. The van der Waals surface area contributed by atoms with E-state index in [1.54, 1.807) is 6.07 Å². The van der Waals surface area contributed by atoms with Crippen molar-refractivity contribution in [3.05, 3.63) is 22.7 Å². The Hall–Kier alpha value is -0.590. The average Bonchev–Trinajstić information content (AvgIpc) is 2.29. The van der Waals surface area contributed by atoms with E-state index in [9.17, 15) is 8.42 Å². The topological polar surface area (TPSA) is 72.2 Å². The second kappa shape index (κ2) is 7.11. The number of halogens is 1. The van der Waals surface area contributed by atoms with Gasteiger partial charge >= 0.3 is 0 Å². The van der Waals surface area contributed by atoms with E-state index in [1.807, 2.05) is 0 Å². The fraction of sp³-hybridized carbons (Fsp3) is 0.500. The van der Waals surface area contributed by atoms with Crippen LogP contribution in [0.1, 0.15) is 32.6 Å². The van der Waals surface area contributed by atoms with Gasteiger partial charge in [0.1, 0.15) is 0 Å². The van der Waals surface area contributed by atoms with Gasteiger partial charge in [0.05, 0.1) is 4.90 Å². The molecular formula is C12H19BrN2O2S. The highest BCUT2D eigenvalue weighted by atomic mass is 79.9. The van der Waals surface area contributed by atoms with Crippen LogP contribution in [-0.4, -0.2) is 15.0 Å². The number of unbranched alkanes of at least 4 members (excludes halogenated alkanes) is 3. The molecule has 1 aromatic carbocycles. The predicted molar refractivity (Wildman–Crippen MR) is 78.1 cm³/mol. The molecule has 0 bridgehead atoms. The van der Waals surface area contributed by atoms with Crippen molar-refractivity contribution >= 4 is 31.6 Å². The predicted octanol–water partition coefficient (Wildman–Crippen LogP) is 3.09. The number of nitrogens with two attached hydrogens (primary N) is 1. The molecule has 6 heteroatoms. The lowest BCUT2D eigenvalue weighted by Crippen LogP contribution is -2.12. The lowest BCUT2D eigenvalue weighted by molar-refractivity contribution is 0.598. The highest BCUT2D eigenvalue weighted by molar-refractivity contribution is 9.10.